The normalized spacial score (nSPS) is 25.8. The van der Waals surface area contributed by atoms with Crippen LogP contribution in [0.4, 0.5) is 0 Å². The Morgan fingerprint density at radius 3 is 2.60 bits per heavy atom. The maximum absolute atomic E-state index is 10.8. The molecule has 0 aliphatic carbocycles. The Bertz CT molecular complexity index is 237. The van der Waals surface area contributed by atoms with Gasteiger partial charge in [-0.3, -0.25) is 14.2 Å². The van der Waals surface area contributed by atoms with E-state index >= 15 is 0 Å². The topological polar surface area (TPSA) is 58.2 Å². The maximum Gasteiger partial charge on any atom is 0.273 e. The van der Waals surface area contributed by atoms with Crippen molar-refractivity contribution in [3.8, 4) is 0 Å². The zero-order valence-corrected chi connectivity index (χ0v) is 7.51. The van der Waals surface area contributed by atoms with E-state index in [9.17, 15) is 9.00 Å². The number of hydrogen-bond acceptors (Lipinski definition) is 2. The monoisotopic (exact) mass is 224 g/mol. The summed E-state index contributed by atoms with van der Waals surface area (Å²) in [7, 11) is 0. The summed E-state index contributed by atoms with van der Waals surface area (Å²) < 4.78 is 15.7. The fourth-order valence-corrected chi connectivity index (χ4v) is 1.67. The van der Waals surface area contributed by atoms with E-state index < -0.39 is 11.2 Å². The largest absolute Gasteiger partial charge is 0.291 e. The molecule has 1 heterocycles. The second-order valence-corrected chi connectivity index (χ2v) is 3.48. The molecule has 1 rings (SSSR count). The second-order valence-electron chi connectivity index (χ2n) is 1.74. The number of amides is 1. The van der Waals surface area contributed by atoms with Crippen LogP contribution in [-0.2, 0) is 16.0 Å². The highest BCUT2D eigenvalue weighted by atomic mass is 79.9. The van der Waals surface area contributed by atoms with Gasteiger partial charge in [-0.05, 0) is 22.9 Å². The molecule has 10 heavy (non-hydrogen) atoms. The molecule has 0 saturated carbocycles. The van der Waals surface area contributed by atoms with Crippen molar-refractivity contribution in [2.75, 3.05) is 0 Å². The molecule has 0 aromatic rings. The van der Waals surface area contributed by atoms with Gasteiger partial charge in [-0.25, -0.2) is 4.21 Å². The molecule has 56 valence electrons. The van der Waals surface area contributed by atoms with Gasteiger partial charge in [0.15, 0.2) is 0 Å². The highest BCUT2D eigenvalue weighted by Gasteiger charge is 2.18. The molecule has 0 bridgehead atoms. The van der Waals surface area contributed by atoms with Crippen LogP contribution in [0.2, 0.25) is 0 Å². The average molecular weight is 225 g/mol. The van der Waals surface area contributed by atoms with Crippen LogP contribution >= 0.6 is 15.9 Å². The van der Waals surface area contributed by atoms with Crippen LogP contribution in [0.25, 0.3) is 0 Å². The second kappa shape index (κ2) is 2.71. The Morgan fingerprint density at radius 1 is 1.50 bits per heavy atom. The van der Waals surface area contributed by atoms with Crippen LogP contribution in [0.5, 0.6) is 0 Å². The summed E-state index contributed by atoms with van der Waals surface area (Å²) in [4.78, 5) is 10.8. The molecular formula is C4H5BrN2O2S. The Kier molecular flexibility index (Phi) is 2.10. The quantitative estimate of drug-likeness (QED) is 0.605. The molecule has 0 spiro atoms. The van der Waals surface area contributed by atoms with Crippen molar-refractivity contribution in [3.63, 3.8) is 0 Å². The molecule has 1 atom stereocenters. The molecule has 0 saturated heterocycles. The van der Waals surface area contributed by atoms with Gasteiger partial charge in [-0.1, -0.05) is 0 Å². The van der Waals surface area contributed by atoms with Gasteiger partial charge < -0.3 is 0 Å². The van der Waals surface area contributed by atoms with Gasteiger partial charge in [0, 0.05) is 5.70 Å². The molecule has 2 N–H and O–H groups in total. The van der Waals surface area contributed by atoms with Crippen LogP contribution in [0.15, 0.2) is 10.2 Å². The molecule has 1 unspecified atom stereocenters. The number of carbonyl (C=O) groups is 1. The predicted molar refractivity (Wildman–Crippen MR) is 41.0 cm³/mol. The highest BCUT2D eigenvalue weighted by Crippen LogP contribution is 2.12. The molecule has 1 amide bonds. The molecule has 0 aromatic carbocycles. The van der Waals surface area contributed by atoms with Gasteiger partial charge in [0.25, 0.3) is 5.91 Å². The minimum Gasteiger partial charge on any atom is -0.291 e. The minimum absolute atomic E-state index is 0.352. The van der Waals surface area contributed by atoms with Crippen molar-refractivity contribution >= 4 is 33.0 Å². The maximum atomic E-state index is 10.8. The highest BCUT2D eigenvalue weighted by molar-refractivity contribution is 9.12. The van der Waals surface area contributed by atoms with Crippen LogP contribution in [-0.4, -0.2) is 10.1 Å². The first kappa shape index (κ1) is 7.74. The van der Waals surface area contributed by atoms with E-state index in [-0.39, 0.29) is 5.91 Å². The molecular weight excluding hydrogens is 220 g/mol. The number of nitrogens with one attached hydrogen (secondary N) is 2. The first-order chi connectivity index (χ1) is 4.61. The average Bonchev–Trinajstić information content (AvgIpc) is 1.82. The zero-order chi connectivity index (χ0) is 7.72. The fraction of sp³-hybridized carbons (Fsp3) is 0.250. The molecule has 1 aliphatic heterocycles. The SMILES string of the molecule is CC1=C(Br)C(=O)NS(=O)N1. The number of carbonyl (C=O) groups excluding carboxylic acids is 1. The summed E-state index contributed by atoms with van der Waals surface area (Å²) in [5.41, 5.74) is 0.585. The number of rotatable bonds is 0. The number of halogens is 1. The summed E-state index contributed by atoms with van der Waals surface area (Å²) in [6, 6.07) is 0. The molecule has 6 heteroatoms. The van der Waals surface area contributed by atoms with E-state index in [1.807, 2.05) is 0 Å². The van der Waals surface area contributed by atoms with Gasteiger partial charge in [-0.2, -0.15) is 0 Å². The third-order valence-corrected chi connectivity index (χ3v) is 2.78. The Balaban J connectivity index is 2.95. The molecule has 4 nitrogen and oxygen atoms in total. The third-order valence-electron chi connectivity index (χ3n) is 0.960. The van der Waals surface area contributed by atoms with E-state index in [4.69, 9.17) is 0 Å². The lowest BCUT2D eigenvalue weighted by Gasteiger charge is -2.14. The van der Waals surface area contributed by atoms with Crippen LogP contribution in [0, 0.1) is 0 Å². The van der Waals surface area contributed by atoms with Crippen molar-refractivity contribution in [3.05, 3.63) is 10.2 Å². The van der Waals surface area contributed by atoms with Crippen LogP contribution in [0.1, 0.15) is 6.92 Å². The summed E-state index contributed by atoms with van der Waals surface area (Å²) in [6.07, 6.45) is 0. The van der Waals surface area contributed by atoms with Crippen LogP contribution < -0.4 is 9.44 Å². The lowest BCUT2D eigenvalue weighted by molar-refractivity contribution is -0.115. The minimum atomic E-state index is -1.46. The predicted octanol–water partition coefficient (Wildman–Crippen LogP) is -0.0891. The Morgan fingerprint density at radius 2 is 2.10 bits per heavy atom. The van der Waals surface area contributed by atoms with Crippen molar-refractivity contribution in [1.29, 1.82) is 0 Å². The zero-order valence-electron chi connectivity index (χ0n) is 5.10. The van der Waals surface area contributed by atoms with E-state index in [2.05, 4.69) is 25.4 Å². The molecule has 1 aliphatic rings. The van der Waals surface area contributed by atoms with Gasteiger partial charge in [0.05, 0.1) is 0 Å². The lowest BCUT2D eigenvalue weighted by atomic mass is 10.4. The standard InChI is InChI=1S/C4H5BrN2O2S/c1-2-3(5)4(8)7-10(9)6-2/h6H,1H3,(H,7,8). The van der Waals surface area contributed by atoms with Crippen molar-refractivity contribution < 1.29 is 9.00 Å². The van der Waals surface area contributed by atoms with Gasteiger partial charge in [0.2, 0.25) is 11.2 Å². The Hall–Kier alpha value is -0.360. The number of allylic oxidation sites excluding steroid dienone is 1. The third kappa shape index (κ3) is 1.38. The summed E-state index contributed by atoms with van der Waals surface area (Å²) >= 11 is 1.56. The molecule has 0 fully saturated rings. The smallest absolute Gasteiger partial charge is 0.273 e. The van der Waals surface area contributed by atoms with E-state index in [1.54, 1.807) is 6.92 Å². The van der Waals surface area contributed by atoms with Crippen molar-refractivity contribution in [2.24, 2.45) is 0 Å². The summed E-state index contributed by atoms with van der Waals surface area (Å²) in [5, 5.41) is 0. The van der Waals surface area contributed by atoms with Gasteiger partial charge >= 0.3 is 0 Å². The van der Waals surface area contributed by atoms with E-state index in [1.165, 1.54) is 0 Å². The van der Waals surface area contributed by atoms with Crippen molar-refractivity contribution in [1.82, 2.24) is 9.44 Å². The summed E-state index contributed by atoms with van der Waals surface area (Å²) in [6.45, 7) is 1.67. The van der Waals surface area contributed by atoms with E-state index in [0.717, 1.165) is 0 Å². The van der Waals surface area contributed by atoms with Crippen LogP contribution in [0.3, 0.4) is 0 Å². The Labute approximate surface area is 68.9 Å². The van der Waals surface area contributed by atoms with E-state index in [0.29, 0.717) is 10.2 Å². The lowest BCUT2D eigenvalue weighted by Crippen LogP contribution is -2.39. The van der Waals surface area contributed by atoms with Gasteiger partial charge in [0.1, 0.15) is 4.48 Å². The number of hydrogen-bond donors (Lipinski definition) is 2. The first-order valence-corrected chi connectivity index (χ1v) is 4.41. The summed E-state index contributed by atoms with van der Waals surface area (Å²) in [5.74, 6) is -0.352. The molecule has 0 aromatic heterocycles. The van der Waals surface area contributed by atoms with Crippen molar-refractivity contribution in [2.45, 2.75) is 6.92 Å². The fourth-order valence-electron chi connectivity index (χ4n) is 0.509. The first-order valence-electron chi connectivity index (χ1n) is 2.47. The van der Waals surface area contributed by atoms with Gasteiger partial charge in [-0.15, -0.1) is 0 Å². The molecule has 0 radical (unpaired) electrons.